The van der Waals surface area contributed by atoms with Gasteiger partial charge in [-0.2, -0.15) is 0 Å². The van der Waals surface area contributed by atoms with E-state index in [-0.39, 0.29) is 4.21 Å². The first-order valence-electron chi connectivity index (χ1n) is 4.81. The number of benzene rings is 1. The highest BCUT2D eigenvalue weighted by Crippen LogP contribution is 2.30. The summed E-state index contributed by atoms with van der Waals surface area (Å²) in [5.41, 5.74) is 0.980. The van der Waals surface area contributed by atoms with E-state index in [0.29, 0.717) is 0 Å². The molecule has 86 valence electrons. The highest BCUT2D eigenvalue weighted by atomic mass is 32.2. The van der Waals surface area contributed by atoms with Gasteiger partial charge < -0.3 is 5.32 Å². The number of fused-ring (bicyclic) bond motifs is 1. The summed E-state index contributed by atoms with van der Waals surface area (Å²) in [5, 5.41) is 9.15. The van der Waals surface area contributed by atoms with Crippen LogP contribution in [0.3, 0.4) is 0 Å². The lowest BCUT2D eigenvalue weighted by Crippen LogP contribution is -2.09. The van der Waals surface area contributed by atoms with Crippen LogP contribution in [0.5, 0.6) is 0 Å². The van der Waals surface area contributed by atoms with E-state index >= 15 is 0 Å². The lowest BCUT2D eigenvalue weighted by atomic mass is 10.2. The lowest BCUT2D eigenvalue weighted by molar-refractivity contribution is 0.600. The van der Waals surface area contributed by atoms with E-state index in [9.17, 15) is 8.42 Å². The van der Waals surface area contributed by atoms with Gasteiger partial charge in [0.25, 0.3) is 0 Å². The molecular weight excluding hydrogens is 244 g/mol. The second-order valence-corrected chi connectivity index (χ2v) is 6.27. The average molecular weight is 256 g/mol. The third-order valence-corrected chi connectivity index (χ3v) is 4.69. The highest BCUT2D eigenvalue weighted by Gasteiger charge is 2.12. The molecular formula is C10H12N2O2S2. The van der Waals surface area contributed by atoms with Crippen LogP contribution in [0.15, 0.2) is 28.5 Å². The molecule has 16 heavy (non-hydrogen) atoms. The van der Waals surface area contributed by atoms with Gasteiger partial charge in [0.15, 0.2) is 0 Å². The molecule has 0 atom stereocenters. The lowest BCUT2D eigenvalue weighted by Gasteiger charge is -2.01. The summed E-state index contributed by atoms with van der Waals surface area (Å²) >= 11 is 1.19. The first-order chi connectivity index (χ1) is 7.50. The fourth-order valence-corrected chi connectivity index (χ4v) is 3.27. The highest BCUT2D eigenvalue weighted by molar-refractivity contribution is 7.91. The molecule has 0 bridgehead atoms. The predicted molar refractivity (Wildman–Crippen MR) is 67.4 cm³/mol. The van der Waals surface area contributed by atoms with Crippen LogP contribution in [0.1, 0.15) is 6.92 Å². The number of nitrogens with two attached hydrogens (primary N) is 1. The van der Waals surface area contributed by atoms with E-state index in [2.05, 4.69) is 5.32 Å². The Labute approximate surface area is 98.1 Å². The molecule has 6 heteroatoms. The Balaban J connectivity index is 2.54. The van der Waals surface area contributed by atoms with Gasteiger partial charge in [-0.3, -0.25) is 0 Å². The molecule has 0 saturated carbocycles. The predicted octanol–water partition coefficient (Wildman–Crippen LogP) is 1.98. The van der Waals surface area contributed by atoms with Crippen LogP contribution in [-0.2, 0) is 10.0 Å². The van der Waals surface area contributed by atoms with Crippen LogP contribution < -0.4 is 10.5 Å². The zero-order valence-electron chi connectivity index (χ0n) is 8.73. The van der Waals surface area contributed by atoms with Crippen molar-refractivity contribution in [1.29, 1.82) is 0 Å². The topological polar surface area (TPSA) is 72.2 Å². The molecule has 3 N–H and O–H groups in total. The SMILES string of the molecule is CCNc1ccc2sc(S(N)(=O)=O)cc2c1. The Hall–Kier alpha value is -1.11. The van der Waals surface area contributed by atoms with Crippen molar-refractivity contribution >= 4 is 37.1 Å². The summed E-state index contributed by atoms with van der Waals surface area (Å²) in [4.78, 5) is 0. The normalized spacial score (nSPS) is 11.9. The maximum Gasteiger partial charge on any atom is 0.247 e. The van der Waals surface area contributed by atoms with Gasteiger partial charge in [0, 0.05) is 16.9 Å². The fraction of sp³-hybridized carbons (Fsp3) is 0.200. The molecule has 1 heterocycles. The Kier molecular flexibility index (Phi) is 2.88. The van der Waals surface area contributed by atoms with Gasteiger partial charge in [-0.15, -0.1) is 11.3 Å². The van der Waals surface area contributed by atoms with Gasteiger partial charge in [-0.05, 0) is 36.6 Å². The van der Waals surface area contributed by atoms with Crippen LogP contribution in [-0.4, -0.2) is 15.0 Å². The first-order valence-corrected chi connectivity index (χ1v) is 7.17. The van der Waals surface area contributed by atoms with Crippen molar-refractivity contribution in [2.24, 2.45) is 5.14 Å². The molecule has 0 saturated heterocycles. The molecule has 0 aliphatic rings. The summed E-state index contributed by atoms with van der Waals surface area (Å²) in [7, 11) is -3.59. The summed E-state index contributed by atoms with van der Waals surface area (Å²) in [5.74, 6) is 0. The third kappa shape index (κ3) is 2.18. The quantitative estimate of drug-likeness (QED) is 0.882. The van der Waals surface area contributed by atoms with Gasteiger partial charge >= 0.3 is 0 Å². The molecule has 0 fully saturated rings. The number of sulfonamides is 1. The second-order valence-electron chi connectivity index (χ2n) is 3.39. The Bertz CT molecular complexity index is 617. The number of nitrogens with one attached hydrogen (secondary N) is 1. The van der Waals surface area contributed by atoms with Crippen molar-refractivity contribution in [2.45, 2.75) is 11.1 Å². The standard InChI is InChI=1S/C10H12N2O2S2/c1-2-12-8-3-4-9-7(5-8)6-10(15-9)16(11,13)14/h3-6,12H,2H2,1H3,(H2,11,13,14). The number of anilines is 1. The Morgan fingerprint density at radius 1 is 1.38 bits per heavy atom. The average Bonchev–Trinajstić information content (AvgIpc) is 2.60. The number of hydrogen-bond donors (Lipinski definition) is 2. The van der Waals surface area contributed by atoms with Crippen LogP contribution in [0.4, 0.5) is 5.69 Å². The maximum atomic E-state index is 11.2. The van der Waals surface area contributed by atoms with Crippen molar-refractivity contribution in [1.82, 2.24) is 0 Å². The molecule has 1 aromatic heterocycles. The van der Waals surface area contributed by atoms with E-state index in [1.165, 1.54) is 11.3 Å². The molecule has 0 amide bonds. The summed E-state index contributed by atoms with van der Waals surface area (Å²) in [6.45, 7) is 2.84. The zero-order valence-corrected chi connectivity index (χ0v) is 10.4. The van der Waals surface area contributed by atoms with Crippen molar-refractivity contribution in [3.63, 3.8) is 0 Å². The van der Waals surface area contributed by atoms with E-state index in [1.807, 2.05) is 25.1 Å². The molecule has 0 unspecified atom stereocenters. The van der Waals surface area contributed by atoms with Crippen molar-refractivity contribution in [3.05, 3.63) is 24.3 Å². The largest absolute Gasteiger partial charge is 0.385 e. The van der Waals surface area contributed by atoms with Gasteiger partial charge in [0.1, 0.15) is 4.21 Å². The summed E-state index contributed by atoms with van der Waals surface area (Å²) in [6, 6.07) is 7.35. The molecule has 0 spiro atoms. The Morgan fingerprint density at radius 2 is 2.12 bits per heavy atom. The maximum absolute atomic E-state index is 11.2. The molecule has 0 radical (unpaired) electrons. The molecule has 4 nitrogen and oxygen atoms in total. The molecule has 0 aliphatic heterocycles. The molecule has 1 aromatic carbocycles. The molecule has 2 rings (SSSR count). The van der Waals surface area contributed by atoms with Crippen LogP contribution in [0.25, 0.3) is 10.1 Å². The minimum absolute atomic E-state index is 0.205. The summed E-state index contributed by atoms with van der Waals surface area (Å²) < 4.78 is 23.5. The first kappa shape index (κ1) is 11.4. The number of rotatable bonds is 3. The minimum Gasteiger partial charge on any atom is -0.385 e. The van der Waals surface area contributed by atoms with E-state index < -0.39 is 10.0 Å². The van der Waals surface area contributed by atoms with Gasteiger partial charge in [0.2, 0.25) is 10.0 Å². The number of primary sulfonamides is 1. The minimum atomic E-state index is -3.59. The van der Waals surface area contributed by atoms with E-state index in [0.717, 1.165) is 22.3 Å². The second kappa shape index (κ2) is 4.04. The van der Waals surface area contributed by atoms with Crippen molar-refractivity contribution in [3.8, 4) is 0 Å². The van der Waals surface area contributed by atoms with Crippen molar-refractivity contribution in [2.75, 3.05) is 11.9 Å². The van der Waals surface area contributed by atoms with Gasteiger partial charge in [-0.1, -0.05) is 0 Å². The Morgan fingerprint density at radius 3 is 2.75 bits per heavy atom. The number of hydrogen-bond acceptors (Lipinski definition) is 4. The number of thiophene rings is 1. The van der Waals surface area contributed by atoms with Gasteiger partial charge in [-0.25, -0.2) is 13.6 Å². The van der Waals surface area contributed by atoms with Crippen molar-refractivity contribution < 1.29 is 8.42 Å². The van der Waals surface area contributed by atoms with E-state index in [1.54, 1.807) is 6.07 Å². The van der Waals surface area contributed by atoms with Crippen LogP contribution in [0, 0.1) is 0 Å². The monoisotopic (exact) mass is 256 g/mol. The molecule has 0 aliphatic carbocycles. The zero-order chi connectivity index (χ0) is 11.8. The smallest absolute Gasteiger partial charge is 0.247 e. The van der Waals surface area contributed by atoms with Gasteiger partial charge in [0.05, 0.1) is 0 Å². The third-order valence-electron chi connectivity index (χ3n) is 2.16. The van der Waals surface area contributed by atoms with Crippen LogP contribution >= 0.6 is 11.3 Å². The summed E-state index contributed by atoms with van der Waals surface area (Å²) in [6.07, 6.45) is 0. The van der Waals surface area contributed by atoms with E-state index in [4.69, 9.17) is 5.14 Å². The molecule has 2 aromatic rings. The fourth-order valence-electron chi connectivity index (χ4n) is 1.47. The van der Waals surface area contributed by atoms with Crippen LogP contribution in [0.2, 0.25) is 0 Å².